The average Bonchev–Trinajstić information content (AvgIpc) is 3.29. The standard InChI is InChI=1S/C22H18FN5O2/c23-18-8-4-17(5-9-18)14-30-21-3-1-2-19(13-21)25-22(29)12-16-6-10-20(11-7-16)28-15-24-26-27-28/h1-11,13,15H,12,14H2,(H,25,29). The van der Waals surface area contributed by atoms with Gasteiger partial charge in [-0.1, -0.05) is 30.3 Å². The first-order valence-corrected chi connectivity index (χ1v) is 9.25. The van der Waals surface area contributed by atoms with Crippen LogP contribution in [-0.2, 0) is 17.8 Å². The van der Waals surface area contributed by atoms with Crippen molar-refractivity contribution in [2.45, 2.75) is 13.0 Å². The molecule has 3 aromatic carbocycles. The van der Waals surface area contributed by atoms with Gasteiger partial charge in [0, 0.05) is 11.8 Å². The quantitative estimate of drug-likeness (QED) is 0.510. The molecule has 4 rings (SSSR count). The molecule has 1 aromatic heterocycles. The number of anilines is 1. The lowest BCUT2D eigenvalue weighted by Gasteiger charge is -2.10. The molecule has 8 heteroatoms. The number of aromatic nitrogens is 4. The number of carbonyl (C=O) groups excluding carboxylic acids is 1. The number of halogens is 1. The van der Waals surface area contributed by atoms with Crippen LogP contribution in [-0.4, -0.2) is 26.1 Å². The number of nitrogens with zero attached hydrogens (tertiary/aromatic N) is 4. The number of hydrogen-bond acceptors (Lipinski definition) is 5. The Morgan fingerprint density at radius 1 is 1.00 bits per heavy atom. The molecule has 4 aromatic rings. The maximum atomic E-state index is 13.0. The number of amides is 1. The number of nitrogens with one attached hydrogen (secondary N) is 1. The van der Waals surface area contributed by atoms with Crippen molar-refractivity contribution in [3.63, 3.8) is 0 Å². The summed E-state index contributed by atoms with van der Waals surface area (Å²) in [6, 6.07) is 20.7. The Bertz CT molecular complexity index is 1110. The molecule has 0 saturated carbocycles. The summed E-state index contributed by atoms with van der Waals surface area (Å²) in [6.07, 6.45) is 1.74. The molecule has 0 bridgehead atoms. The van der Waals surface area contributed by atoms with Gasteiger partial charge in [0.2, 0.25) is 5.91 Å². The van der Waals surface area contributed by atoms with Gasteiger partial charge in [0.1, 0.15) is 24.5 Å². The van der Waals surface area contributed by atoms with Crippen LogP contribution in [0.25, 0.3) is 5.69 Å². The molecular weight excluding hydrogens is 385 g/mol. The monoisotopic (exact) mass is 403 g/mol. The third kappa shape index (κ3) is 5.05. The normalized spacial score (nSPS) is 10.6. The van der Waals surface area contributed by atoms with Gasteiger partial charge in [0.05, 0.1) is 12.1 Å². The van der Waals surface area contributed by atoms with Gasteiger partial charge in [0.25, 0.3) is 0 Å². The summed E-state index contributed by atoms with van der Waals surface area (Å²) >= 11 is 0. The smallest absolute Gasteiger partial charge is 0.228 e. The zero-order valence-corrected chi connectivity index (χ0v) is 15.9. The Kier molecular flexibility index (Phi) is 5.75. The minimum atomic E-state index is -0.284. The van der Waals surface area contributed by atoms with Crippen LogP contribution in [0.5, 0.6) is 5.75 Å². The molecule has 1 amide bonds. The molecule has 1 N–H and O–H groups in total. The average molecular weight is 403 g/mol. The van der Waals surface area contributed by atoms with E-state index >= 15 is 0 Å². The Morgan fingerprint density at radius 3 is 2.50 bits per heavy atom. The van der Waals surface area contributed by atoms with E-state index in [-0.39, 0.29) is 18.1 Å². The molecule has 0 unspecified atom stereocenters. The van der Waals surface area contributed by atoms with Crippen LogP contribution < -0.4 is 10.1 Å². The van der Waals surface area contributed by atoms with Crippen LogP contribution in [0.4, 0.5) is 10.1 Å². The fourth-order valence-corrected chi connectivity index (χ4v) is 2.85. The van der Waals surface area contributed by atoms with Gasteiger partial charge in [-0.3, -0.25) is 4.79 Å². The topological polar surface area (TPSA) is 81.9 Å². The molecule has 0 atom stereocenters. The predicted octanol–water partition coefficient (Wildman–Crippen LogP) is 3.56. The van der Waals surface area contributed by atoms with Gasteiger partial charge < -0.3 is 10.1 Å². The van der Waals surface area contributed by atoms with Crippen molar-refractivity contribution in [2.75, 3.05) is 5.32 Å². The van der Waals surface area contributed by atoms with Crippen LogP contribution in [0.15, 0.2) is 79.1 Å². The number of benzene rings is 3. The number of rotatable bonds is 7. The minimum Gasteiger partial charge on any atom is -0.489 e. The lowest BCUT2D eigenvalue weighted by atomic mass is 10.1. The number of ether oxygens (including phenoxy) is 1. The third-order valence-corrected chi connectivity index (χ3v) is 4.35. The summed E-state index contributed by atoms with van der Waals surface area (Å²) < 4.78 is 20.2. The molecule has 0 aliphatic rings. The van der Waals surface area contributed by atoms with E-state index in [0.29, 0.717) is 18.0 Å². The number of hydrogen-bond donors (Lipinski definition) is 1. The second kappa shape index (κ2) is 8.95. The van der Waals surface area contributed by atoms with E-state index < -0.39 is 0 Å². The first-order chi connectivity index (χ1) is 14.7. The van der Waals surface area contributed by atoms with Crippen molar-refractivity contribution in [3.05, 3.63) is 96.1 Å². The number of carbonyl (C=O) groups is 1. The van der Waals surface area contributed by atoms with Crippen molar-refractivity contribution in [2.24, 2.45) is 0 Å². The van der Waals surface area contributed by atoms with Gasteiger partial charge in [-0.05, 0) is 58.0 Å². The molecule has 1 heterocycles. The molecule has 0 aliphatic carbocycles. The highest BCUT2D eigenvalue weighted by atomic mass is 19.1. The Hall–Kier alpha value is -4.07. The van der Waals surface area contributed by atoms with Crippen molar-refractivity contribution in [1.29, 1.82) is 0 Å². The highest BCUT2D eigenvalue weighted by molar-refractivity contribution is 5.92. The third-order valence-electron chi connectivity index (χ3n) is 4.35. The van der Waals surface area contributed by atoms with Gasteiger partial charge >= 0.3 is 0 Å². The molecular formula is C22H18FN5O2. The fourth-order valence-electron chi connectivity index (χ4n) is 2.85. The highest BCUT2D eigenvalue weighted by Crippen LogP contribution is 2.19. The van der Waals surface area contributed by atoms with Gasteiger partial charge in [0.15, 0.2) is 0 Å². The molecule has 150 valence electrons. The molecule has 0 saturated heterocycles. The maximum absolute atomic E-state index is 13.0. The van der Waals surface area contributed by atoms with E-state index in [1.165, 1.54) is 18.5 Å². The van der Waals surface area contributed by atoms with Gasteiger partial charge in [-0.2, -0.15) is 0 Å². The van der Waals surface area contributed by atoms with E-state index in [1.54, 1.807) is 41.1 Å². The van der Waals surface area contributed by atoms with Crippen LogP contribution in [0, 0.1) is 5.82 Å². The highest BCUT2D eigenvalue weighted by Gasteiger charge is 2.06. The molecule has 0 radical (unpaired) electrons. The zero-order valence-electron chi connectivity index (χ0n) is 15.9. The molecule has 0 fully saturated rings. The van der Waals surface area contributed by atoms with Crippen LogP contribution in [0.3, 0.4) is 0 Å². The van der Waals surface area contributed by atoms with Crippen LogP contribution in [0.1, 0.15) is 11.1 Å². The van der Waals surface area contributed by atoms with Crippen molar-refractivity contribution in [1.82, 2.24) is 20.2 Å². The van der Waals surface area contributed by atoms with E-state index in [2.05, 4.69) is 20.8 Å². The van der Waals surface area contributed by atoms with E-state index in [1.807, 2.05) is 24.3 Å². The van der Waals surface area contributed by atoms with Crippen LogP contribution >= 0.6 is 0 Å². The van der Waals surface area contributed by atoms with E-state index in [0.717, 1.165) is 16.8 Å². The molecule has 0 aliphatic heterocycles. The second-order valence-corrected chi connectivity index (χ2v) is 6.59. The predicted molar refractivity (Wildman–Crippen MR) is 109 cm³/mol. The van der Waals surface area contributed by atoms with Gasteiger partial charge in [-0.15, -0.1) is 5.10 Å². The molecule has 30 heavy (non-hydrogen) atoms. The summed E-state index contributed by atoms with van der Waals surface area (Å²) in [6.45, 7) is 0.311. The van der Waals surface area contributed by atoms with Crippen molar-refractivity contribution < 1.29 is 13.9 Å². The molecule has 0 spiro atoms. The summed E-state index contributed by atoms with van der Waals surface area (Å²) in [4.78, 5) is 12.4. The van der Waals surface area contributed by atoms with Crippen molar-refractivity contribution >= 4 is 11.6 Å². The second-order valence-electron chi connectivity index (χ2n) is 6.59. The Morgan fingerprint density at radius 2 is 1.77 bits per heavy atom. The summed E-state index contributed by atoms with van der Waals surface area (Å²) in [5.74, 6) is 0.192. The lowest BCUT2D eigenvalue weighted by Crippen LogP contribution is -2.14. The Labute approximate surface area is 172 Å². The van der Waals surface area contributed by atoms with E-state index in [4.69, 9.17) is 4.74 Å². The minimum absolute atomic E-state index is 0.138. The summed E-state index contributed by atoms with van der Waals surface area (Å²) in [7, 11) is 0. The maximum Gasteiger partial charge on any atom is 0.228 e. The zero-order chi connectivity index (χ0) is 20.8. The molecule has 7 nitrogen and oxygen atoms in total. The van der Waals surface area contributed by atoms with Crippen molar-refractivity contribution in [3.8, 4) is 11.4 Å². The number of tetrazole rings is 1. The Balaban J connectivity index is 1.33. The first kappa shape index (κ1) is 19.3. The lowest BCUT2D eigenvalue weighted by molar-refractivity contribution is -0.115. The van der Waals surface area contributed by atoms with Gasteiger partial charge in [-0.25, -0.2) is 9.07 Å². The largest absolute Gasteiger partial charge is 0.489 e. The summed E-state index contributed by atoms with van der Waals surface area (Å²) in [5.41, 5.74) is 3.18. The first-order valence-electron chi connectivity index (χ1n) is 9.25. The fraction of sp³-hybridized carbons (Fsp3) is 0.0909. The van der Waals surface area contributed by atoms with Crippen LogP contribution in [0.2, 0.25) is 0 Å². The summed E-state index contributed by atoms with van der Waals surface area (Å²) in [5, 5.41) is 13.9. The van der Waals surface area contributed by atoms with E-state index in [9.17, 15) is 9.18 Å². The SMILES string of the molecule is O=C(Cc1ccc(-n2cnnn2)cc1)Nc1cccc(OCc2ccc(F)cc2)c1.